The van der Waals surface area contributed by atoms with Crippen molar-refractivity contribution in [3.05, 3.63) is 95.0 Å². The van der Waals surface area contributed by atoms with Crippen LogP contribution in [-0.2, 0) is 0 Å². The standard InChI is InChI=1S/C24H18ClN3O2/c1-15-13-18(11-12-21(15)25)27-28-22-19-10-6-5-7-16(19)14-20(23(22)29)24(30)26-17-8-3-2-4-9-17/h2-14,29H,1H3,(H,26,30)/b28-27+. The highest BCUT2D eigenvalue weighted by Crippen LogP contribution is 2.39. The SMILES string of the molecule is Cc1cc(/N=N/c2c(O)c(C(=O)Nc3ccccc3)cc3ccccc23)ccc1Cl. The maximum absolute atomic E-state index is 12.8. The van der Waals surface area contributed by atoms with Crippen LogP contribution in [-0.4, -0.2) is 11.0 Å². The summed E-state index contributed by atoms with van der Waals surface area (Å²) in [6.07, 6.45) is 0. The maximum atomic E-state index is 12.8. The van der Waals surface area contributed by atoms with E-state index in [-0.39, 0.29) is 17.0 Å². The maximum Gasteiger partial charge on any atom is 0.259 e. The van der Waals surface area contributed by atoms with Crippen molar-refractivity contribution in [1.82, 2.24) is 0 Å². The van der Waals surface area contributed by atoms with E-state index in [1.54, 1.807) is 36.4 Å². The number of nitrogens with one attached hydrogen (secondary N) is 1. The lowest BCUT2D eigenvalue weighted by atomic mass is 10.0. The van der Waals surface area contributed by atoms with E-state index >= 15 is 0 Å². The van der Waals surface area contributed by atoms with Crippen LogP contribution < -0.4 is 5.32 Å². The molecule has 0 bridgehead atoms. The van der Waals surface area contributed by atoms with Crippen molar-refractivity contribution in [1.29, 1.82) is 0 Å². The first-order valence-corrected chi connectivity index (χ1v) is 9.70. The average molecular weight is 416 g/mol. The van der Waals surface area contributed by atoms with E-state index in [2.05, 4.69) is 15.5 Å². The third-order valence-corrected chi connectivity index (χ3v) is 5.10. The molecule has 0 aliphatic rings. The van der Waals surface area contributed by atoms with Gasteiger partial charge in [0.05, 0.1) is 11.3 Å². The molecular formula is C24H18ClN3O2. The number of nitrogens with zero attached hydrogens (tertiary/aromatic N) is 2. The third-order valence-electron chi connectivity index (χ3n) is 4.68. The Morgan fingerprint density at radius 3 is 2.43 bits per heavy atom. The van der Waals surface area contributed by atoms with E-state index in [4.69, 9.17) is 11.6 Å². The van der Waals surface area contributed by atoms with Crippen LogP contribution in [0.25, 0.3) is 10.8 Å². The Morgan fingerprint density at radius 1 is 0.933 bits per heavy atom. The van der Waals surface area contributed by atoms with E-state index in [1.165, 1.54) is 0 Å². The quantitative estimate of drug-likeness (QED) is 0.346. The number of phenolic OH excluding ortho intramolecular Hbond substituents is 1. The monoisotopic (exact) mass is 415 g/mol. The number of phenols is 1. The van der Waals surface area contributed by atoms with Crippen LogP contribution in [0, 0.1) is 6.92 Å². The number of benzene rings is 4. The number of aromatic hydroxyl groups is 1. The van der Waals surface area contributed by atoms with Crippen molar-refractivity contribution in [2.75, 3.05) is 5.32 Å². The van der Waals surface area contributed by atoms with Gasteiger partial charge < -0.3 is 10.4 Å². The van der Waals surface area contributed by atoms with Gasteiger partial charge in [-0.05, 0) is 54.3 Å². The van der Waals surface area contributed by atoms with Crippen molar-refractivity contribution >= 4 is 45.3 Å². The number of para-hydroxylation sites is 1. The van der Waals surface area contributed by atoms with Gasteiger partial charge in [-0.25, -0.2) is 0 Å². The Morgan fingerprint density at radius 2 is 1.67 bits per heavy atom. The molecule has 0 unspecified atom stereocenters. The molecule has 2 N–H and O–H groups in total. The minimum atomic E-state index is -0.428. The van der Waals surface area contributed by atoms with Crippen LogP contribution in [0.3, 0.4) is 0 Å². The molecule has 5 nitrogen and oxygen atoms in total. The van der Waals surface area contributed by atoms with E-state index in [9.17, 15) is 9.90 Å². The summed E-state index contributed by atoms with van der Waals surface area (Å²) in [5.74, 6) is -0.653. The number of carbonyl (C=O) groups excluding carboxylic acids is 1. The van der Waals surface area contributed by atoms with Gasteiger partial charge in [0, 0.05) is 16.1 Å². The van der Waals surface area contributed by atoms with Gasteiger partial charge in [0.1, 0.15) is 5.69 Å². The molecule has 0 heterocycles. The minimum absolute atomic E-state index is 0.124. The van der Waals surface area contributed by atoms with Crippen molar-refractivity contribution in [3.8, 4) is 5.75 Å². The van der Waals surface area contributed by atoms with Crippen LogP contribution in [0.4, 0.5) is 17.1 Å². The number of carbonyl (C=O) groups is 1. The molecule has 6 heteroatoms. The molecule has 0 spiro atoms. The molecule has 0 aliphatic heterocycles. The largest absolute Gasteiger partial charge is 0.505 e. The second-order valence-corrected chi connectivity index (χ2v) is 7.20. The second kappa shape index (κ2) is 8.35. The fourth-order valence-corrected chi connectivity index (χ4v) is 3.23. The number of azo groups is 1. The highest BCUT2D eigenvalue weighted by atomic mass is 35.5. The first kappa shape index (κ1) is 19.6. The van der Waals surface area contributed by atoms with Gasteiger partial charge >= 0.3 is 0 Å². The Kier molecular flexibility index (Phi) is 5.46. The molecule has 0 aliphatic carbocycles. The van der Waals surface area contributed by atoms with E-state index in [0.717, 1.165) is 10.9 Å². The van der Waals surface area contributed by atoms with E-state index < -0.39 is 5.91 Å². The molecule has 30 heavy (non-hydrogen) atoms. The summed E-state index contributed by atoms with van der Waals surface area (Å²) in [5, 5.41) is 24.3. The van der Waals surface area contributed by atoms with Gasteiger partial charge in [-0.3, -0.25) is 4.79 Å². The number of fused-ring (bicyclic) bond motifs is 1. The molecule has 0 saturated heterocycles. The smallest absolute Gasteiger partial charge is 0.259 e. The van der Waals surface area contributed by atoms with Crippen LogP contribution in [0.15, 0.2) is 89.1 Å². The number of amides is 1. The zero-order valence-electron chi connectivity index (χ0n) is 16.1. The van der Waals surface area contributed by atoms with Crippen molar-refractivity contribution < 1.29 is 9.90 Å². The molecule has 4 aromatic rings. The van der Waals surface area contributed by atoms with Crippen molar-refractivity contribution in [2.24, 2.45) is 10.2 Å². The normalized spacial score (nSPS) is 11.1. The predicted molar refractivity (Wildman–Crippen MR) is 120 cm³/mol. The predicted octanol–water partition coefficient (Wildman–Crippen LogP) is 7.17. The summed E-state index contributed by atoms with van der Waals surface area (Å²) in [7, 11) is 0. The molecule has 0 radical (unpaired) electrons. The number of rotatable bonds is 4. The van der Waals surface area contributed by atoms with Crippen molar-refractivity contribution in [2.45, 2.75) is 6.92 Å². The number of aryl methyl sites for hydroxylation is 1. The van der Waals surface area contributed by atoms with Gasteiger partial charge in [-0.1, -0.05) is 54.1 Å². The van der Waals surface area contributed by atoms with Gasteiger partial charge in [-0.15, -0.1) is 5.11 Å². The van der Waals surface area contributed by atoms with Crippen LogP contribution in [0.1, 0.15) is 15.9 Å². The molecule has 0 aromatic heterocycles. The summed E-state index contributed by atoms with van der Waals surface area (Å²) >= 11 is 6.07. The van der Waals surface area contributed by atoms with E-state index in [1.807, 2.05) is 49.4 Å². The fourth-order valence-electron chi connectivity index (χ4n) is 3.11. The van der Waals surface area contributed by atoms with Crippen LogP contribution in [0.2, 0.25) is 5.02 Å². The average Bonchev–Trinajstić information content (AvgIpc) is 2.75. The first-order valence-electron chi connectivity index (χ1n) is 9.32. The number of hydrogen-bond acceptors (Lipinski definition) is 4. The summed E-state index contributed by atoms with van der Waals surface area (Å²) in [5.41, 5.74) is 2.46. The lowest BCUT2D eigenvalue weighted by Crippen LogP contribution is -2.12. The van der Waals surface area contributed by atoms with Crippen LogP contribution in [0.5, 0.6) is 5.75 Å². The zero-order valence-corrected chi connectivity index (χ0v) is 16.9. The Bertz CT molecular complexity index is 1270. The van der Waals surface area contributed by atoms with Gasteiger partial charge in [0.25, 0.3) is 5.91 Å². The summed E-state index contributed by atoms with van der Waals surface area (Å²) in [6.45, 7) is 1.88. The minimum Gasteiger partial charge on any atom is -0.505 e. The Balaban J connectivity index is 1.78. The Labute approximate surface area is 178 Å². The molecule has 0 saturated carbocycles. The number of hydrogen-bond donors (Lipinski definition) is 2. The lowest BCUT2D eigenvalue weighted by molar-refractivity contribution is 0.102. The summed E-state index contributed by atoms with van der Waals surface area (Å²) in [6, 6.07) is 23.4. The number of halogens is 1. The number of anilines is 1. The highest BCUT2D eigenvalue weighted by molar-refractivity contribution is 6.31. The van der Waals surface area contributed by atoms with E-state index in [0.29, 0.717) is 21.8 Å². The molecule has 0 atom stereocenters. The molecule has 1 amide bonds. The molecule has 4 rings (SSSR count). The summed E-state index contributed by atoms with van der Waals surface area (Å²) in [4.78, 5) is 12.8. The molecular weight excluding hydrogens is 398 g/mol. The lowest BCUT2D eigenvalue weighted by Gasteiger charge is -2.11. The molecule has 148 valence electrons. The van der Waals surface area contributed by atoms with Gasteiger partial charge in [0.15, 0.2) is 5.75 Å². The second-order valence-electron chi connectivity index (χ2n) is 6.80. The Hall–Kier alpha value is -3.70. The van der Waals surface area contributed by atoms with Gasteiger partial charge in [-0.2, -0.15) is 5.11 Å². The topological polar surface area (TPSA) is 74.0 Å². The van der Waals surface area contributed by atoms with Crippen molar-refractivity contribution in [3.63, 3.8) is 0 Å². The molecule has 0 fully saturated rings. The third kappa shape index (κ3) is 4.02. The first-order chi connectivity index (χ1) is 14.5. The van der Waals surface area contributed by atoms with Crippen LogP contribution >= 0.6 is 11.6 Å². The molecule has 4 aromatic carbocycles. The van der Waals surface area contributed by atoms with Gasteiger partial charge in [0.2, 0.25) is 0 Å². The fraction of sp³-hybridized carbons (Fsp3) is 0.0417. The highest BCUT2D eigenvalue weighted by Gasteiger charge is 2.18. The summed E-state index contributed by atoms with van der Waals surface area (Å²) < 4.78 is 0. The zero-order chi connectivity index (χ0) is 21.1.